The van der Waals surface area contributed by atoms with Crippen LogP contribution in [-0.4, -0.2) is 23.5 Å². The Kier molecular flexibility index (Phi) is 3.69. The fourth-order valence-electron chi connectivity index (χ4n) is 2.60. The highest BCUT2D eigenvalue weighted by molar-refractivity contribution is 5.24. The molecule has 1 fully saturated rings. The standard InChI is InChI=1S/C14H20F2N2/c1-14(2,18-7-3-4-8-18)13(17)10-5-6-11(15)12(16)9-10/h5-6,9,13H,3-4,7-8,17H2,1-2H3/t13-/m0/s1. The van der Waals surface area contributed by atoms with Crippen LogP contribution in [0.3, 0.4) is 0 Å². The molecule has 2 rings (SSSR count). The Labute approximate surface area is 107 Å². The van der Waals surface area contributed by atoms with Gasteiger partial charge in [0.1, 0.15) is 0 Å². The fraction of sp³-hybridized carbons (Fsp3) is 0.571. The smallest absolute Gasteiger partial charge is 0.159 e. The lowest BCUT2D eigenvalue weighted by Gasteiger charge is -2.40. The van der Waals surface area contributed by atoms with Crippen molar-refractivity contribution in [3.05, 3.63) is 35.4 Å². The molecule has 2 nitrogen and oxygen atoms in total. The number of rotatable bonds is 3. The van der Waals surface area contributed by atoms with Gasteiger partial charge in [-0.25, -0.2) is 8.78 Å². The first kappa shape index (κ1) is 13.4. The van der Waals surface area contributed by atoms with E-state index in [4.69, 9.17) is 5.73 Å². The number of likely N-dealkylation sites (tertiary alicyclic amines) is 1. The number of hydrogen-bond acceptors (Lipinski definition) is 2. The molecule has 0 radical (unpaired) electrons. The number of halogens is 2. The highest BCUT2D eigenvalue weighted by Crippen LogP contribution is 2.32. The molecule has 0 aliphatic carbocycles. The number of nitrogens with zero attached hydrogens (tertiary/aromatic N) is 1. The van der Waals surface area contributed by atoms with Crippen LogP contribution in [0.2, 0.25) is 0 Å². The van der Waals surface area contributed by atoms with Crippen molar-refractivity contribution in [3.63, 3.8) is 0 Å². The molecule has 0 saturated carbocycles. The van der Waals surface area contributed by atoms with E-state index in [2.05, 4.69) is 18.7 Å². The van der Waals surface area contributed by atoms with Crippen LogP contribution in [0.15, 0.2) is 18.2 Å². The van der Waals surface area contributed by atoms with Crippen LogP contribution in [0, 0.1) is 11.6 Å². The third-order valence-electron chi connectivity index (χ3n) is 3.98. The SMILES string of the molecule is CC(C)([C@@H](N)c1ccc(F)c(F)c1)N1CCCC1. The molecule has 1 aromatic carbocycles. The first-order chi connectivity index (χ1) is 8.43. The monoisotopic (exact) mass is 254 g/mol. The molecule has 18 heavy (non-hydrogen) atoms. The molecule has 0 aromatic heterocycles. The molecule has 4 heteroatoms. The zero-order valence-corrected chi connectivity index (χ0v) is 10.9. The topological polar surface area (TPSA) is 29.3 Å². The van der Waals surface area contributed by atoms with Gasteiger partial charge in [-0.15, -0.1) is 0 Å². The minimum Gasteiger partial charge on any atom is -0.322 e. The molecule has 0 bridgehead atoms. The van der Waals surface area contributed by atoms with Crippen LogP contribution in [0.4, 0.5) is 8.78 Å². The lowest BCUT2D eigenvalue weighted by Crippen LogP contribution is -2.49. The molecule has 1 aliphatic heterocycles. The van der Waals surface area contributed by atoms with Gasteiger partial charge in [-0.3, -0.25) is 4.90 Å². The van der Waals surface area contributed by atoms with Crippen molar-refractivity contribution in [1.82, 2.24) is 4.90 Å². The van der Waals surface area contributed by atoms with E-state index in [1.807, 2.05) is 0 Å². The van der Waals surface area contributed by atoms with Gasteiger partial charge in [0, 0.05) is 11.6 Å². The molecule has 0 spiro atoms. The quantitative estimate of drug-likeness (QED) is 0.898. The summed E-state index contributed by atoms with van der Waals surface area (Å²) < 4.78 is 26.2. The van der Waals surface area contributed by atoms with E-state index in [0.717, 1.165) is 19.2 Å². The van der Waals surface area contributed by atoms with Crippen molar-refractivity contribution >= 4 is 0 Å². The van der Waals surface area contributed by atoms with Crippen molar-refractivity contribution in [3.8, 4) is 0 Å². The second-order valence-corrected chi connectivity index (χ2v) is 5.50. The van der Waals surface area contributed by atoms with Crippen molar-refractivity contribution < 1.29 is 8.78 Å². The summed E-state index contributed by atoms with van der Waals surface area (Å²) in [4.78, 5) is 2.32. The maximum atomic E-state index is 13.3. The first-order valence-corrected chi connectivity index (χ1v) is 6.38. The van der Waals surface area contributed by atoms with E-state index in [1.165, 1.54) is 18.9 Å². The molecule has 0 unspecified atom stereocenters. The van der Waals surface area contributed by atoms with E-state index >= 15 is 0 Å². The maximum Gasteiger partial charge on any atom is 0.159 e. The van der Waals surface area contributed by atoms with Crippen LogP contribution in [0.5, 0.6) is 0 Å². The van der Waals surface area contributed by atoms with Gasteiger partial charge in [-0.1, -0.05) is 6.07 Å². The van der Waals surface area contributed by atoms with E-state index in [1.54, 1.807) is 6.07 Å². The molecule has 1 saturated heterocycles. The summed E-state index contributed by atoms with van der Waals surface area (Å²) in [7, 11) is 0. The van der Waals surface area contributed by atoms with Crippen molar-refractivity contribution in [2.45, 2.75) is 38.3 Å². The summed E-state index contributed by atoms with van der Waals surface area (Å²) in [5.41, 5.74) is 6.64. The normalized spacial score (nSPS) is 19.2. The van der Waals surface area contributed by atoms with Crippen LogP contribution < -0.4 is 5.73 Å². The third-order valence-corrected chi connectivity index (χ3v) is 3.98. The second kappa shape index (κ2) is 4.94. The van der Waals surface area contributed by atoms with Gasteiger partial charge in [0.15, 0.2) is 11.6 Å². The first-order valence-electron chi connectivity index (χ1n) is 6.38. The summed E-state index contributed by atoms with van der Waals surface area (Å²) in [5.74, 6) is -1.66. The van der Waals surface area contributed by atoms with E-state index in [9.17, 15) is 8.78 Å². The molecule has 1 atom stereocenters. The molecule has 1 aliphatic rings. The average Bonchev–Trinajstić information content (AvgIpc) is 2.86. The van der Waals surface area contributed by atoms with E-state index < -0.39 is 11.6 Å². The Bertz CT molecular complexity index is 426. The molecular weight excluding hydrogens is 234 g/mol. The van der Waals surface area contributed by atoms with Crippen molar-refractivity contribution in [2.75, 3.05) is 13.1 Å². The zero-order valence-electron chi connectivity index (χ0n) is 10.9. The molecular formula is C14H20F2N2. The van der Waals surface area contributed by atoms with E-state index in [0.29, 0.717) is 5.56 Å². The lowest BCUT2D eigenvalue weighted by atomic mass is 9.88. The van der Waals surface area contributed by atoms with Crippen LogP contribution >= 0.6 is 0 Å². The lowest BCUT2D eigenvalue weighted by molar-refractivity contribution is 0.124. The highest BCUT2D eigenvalue weighted by atomic mass is 19.2. The fourth-order valence-corrected chi connectivity index (χ4v) is 2.60. The Morgan fingerprint density at radius 3 is 2.33 bits per heavy atom. The second-order valence-electron chi connectivity index (χ2n) is 5.50. The predicted molar refractivity (Wildman–Crippen MR) is 68.2 cm³/mol. The highest BCUT2D eigenvalue weighted by Gasteiger charge is 2.35. The molecule has 2 N–H and O–H groups in total. The molecule has 1 aromatic rings. The summed E-state index contributed by atoms with van der Waals surface area (Å²) in [6.07, 6.45) is 2.35. The molecule has 0 amide bonds. The molecule has 1 heterocycles. The number of benzene rings is 1. The summed E-state index contributed by atoms with van der Waals surface area (Å²) in [5, 5.41) is 0. The zero-order chi connectivity index (χ0) is 13.3. The summed E-state index contributed by atoms with van der Waals surface area (Å²) in [6.45, 7) is 6.16. The largest absolute Gasteiger partial charge is 0.322 e. The van der Waals surface area contributed by atoms with Crippen LogP contribution in [0.25, 0.3) is 0 Å². The summed E-state index contributed by atoms with van der Waals surface area (Å²) >= 11 is 0. The maximum absolute atomic E-state index is 13.3. The number of hydrogen-bond donors (Lipinski definition) is 1. The summed E-state index contributed by atoms with van der Waals surface area (Å²) in [6, 6.07) is 3.59. The van der Waals surface area contributed by atoms with Gasteiger partial charge >= 0.3 is 0 Å². The van der Waals surface area contributed by atoms with E-state index in [-0.39, 0.29) is 11.6 Å². The Balaban J connectivity index is 2.23. The van der Waals surface area contributed by atoms with Gasteiger partial charge in [-0.2, -0.15) is 0 Å². The van der Waals surface area contributed by atoms with Gasteiger partial charge < -0.3 is 5.73 Å². The third kappa shape index (κ3) is 2.40. The average molecular weight is 254 g/mol. The number of nitrogens with two attached hydrogens (primary N) is 1. The molecule has 100 valence electrons. The van der Waals surface area contributed by atoms with Gasteiger partial charge in [-0.05, 0) is 57.5 Å². The van der Waals surface area contributed by atoms with Gasteiger partial charge in [0.2, 0.25) is 0 Å². The Morgan fingerprint density at radius 1 is 1.17 bits per heavy atom. The minimum absolute atomic E-state index is 0.249. The van der Waals surface area contributed by atoms with Crippen LogP contribution in [0.1, 0.15) is 38.3 Å². The van der Waals surface area contributed by atoms with Gasteiger partial charge in [0.25, 0.3) is 0 Å². The minimum atomic E-state index is -0.833. The Hall–Kier alpha value is -1.00. The van der Waals surface area contributed by atoms with Crippen molar-refractivity contribution in [1.29, 1.82) is 0 Å². The Morgan fingerprint density at radius 2 is 1.78 bits per heavy atom. The predicted octanol–water partition coefficient (Wildman–Crippen LogP) is 2.84. The van der Waals surface area contributed by atoms with Crippen molar-refractivity contribution in [2.24, 2.45) is 5.73 Å². The van der Waals surface area contributed by atoms with Gasteiger partial charge in [0.05, 0.1) is 0 Å². The van der Waals surface area contributed by atoms with Crippen LogP contribution in [-0.2, 0) is 0 Å².